The van der Waals surface area contributed by atoms with Gasteiger partial charge >= 0.3 is 0 Å². The van der Waals surface area contributed by atoms with E-state index in [4.69, 9.17) is 15.9 Å². The number of methoxy groups -OCH3 is 1. The minimum Gasteiger partial charge on any atom is -0.493 e. The molecule has 2 N–H and O–H groups in total. The summed E-state index contributed by atoms with van der Waals surface area (Å²) in [5, 5.41) is 3.21. The average Bonchev–Trinajstić information content (AvgIpc) is 2.81. The maximum Gasteiger partial charge on any atom is 0.257 e. The summed E-state index contributed by atoms with van der Waals surface area (Å²) in [4.78, 5) is 33.0. The molecule has 1 atom stereocenters. The van der Waals surface area contributed by atoms with Gasteiger partial charge in [0.25, 0.3) is 5.56 Å². The van der Waals surface area contributed by atoms with Crippen molar-refractivity contribution in [1.82, 2.24) is 9.97 Å². The first-order chi connectivity index (χ1) is 16.0. The summed E-state index contributed by atoms with van der Waals surface area (Å²) >= 11 is 1.42. The largest absolute Gasteiger partial charge is 0.493 e. The van der Waals surface area contributed by atoms with E-state index < -0.39 is 5.92 Å². The van der Waals surface area contributed by atoms with Gasteiger partial charge in [0.2, 0.25) is 5.91 Å². The number of carbonyl (C=O) groups excluding carboxylic acids is 1. The highest BCUT2D eigenvalue weighted by Crippen LogP contribution is 2.38. The van der Waals surface area contributed by atoms with Gasteiger partial charge in [0.1, 0.15) is 12.4 Å². The van der Waals surface area contributed by atoms with Crippen molar-refractivity contribution >= 4 is 23.5 Å². The van der Waals surface area contributed by atoms with Crippen LogP contribution in [0.2, 0.25) is 0 Å². The van der Waals surface area contributed by atoms with Crippen molar-refractivity contribution in [3.63, 3.8) is 0 Å². The minimum absolute atomic E-state index is 0.108. The molecule has 0 unspecified atom stereocenters. The Morgan fingerprint density at radius 1 is 1.21 bits per heavy atom. The molecule has 1 amide bonds. The summed E-state index contributed by atoms with van der Waals surface area (Å²) in [5.41, 5.74) is 3.23. The quantitative estimate of drug-likeness (QED) is 0.315. The number of rotatable bonds is 7. The molecule has 4 rings (SSSR count). The Labute approximate surface area is 195 Å². The van der Waals surface area contributed by atoms with Crippen LogP contribution in [0.15, 0.2) is 52.4 Å². The van der Waals surface area contributed by atoms with Crippen LogP contribution in [0.3, 0.4) is 0 Å². The molecule has 1 aromatic heterocycles. The number of aromatic amines is 1. The predicted molar refractivity (Wildman–Crippen MR) is 128 cm³/mol. The van der Waals surface area contributed by atoms with Gasteiger partial charge in [0, 0.05) is 18.1 Å². The number of hydrogen-bond donors (Lipinski definition) is 2. The Morgan fingerprint density at radius 2 is 2.03 bits per heavy atom. The van der Waals surface area contributed by atoms with Crippen molar-refractivity contribution in [3.05, 3.63) is 75.1 Å². The van der Waals surface area contributed by atoms with Crippen LogP contribution in [0.25, 0.3) is 0 Å². The molecule has 3 aromatic rings. The molecule has 0 saturated heterocycles. The third kappa shape index (κ3) is 4.89. The van der Waals surface area contributed by atoms with E-state index in [0.717, 1.165) is 11.1 Å². The highest BCUT2D eigenvalue weighted by Gasteiger charge is 2.31. The maximum absolute atomic E-state index is 13.1. The number of aromatic nitrogens is 2. The molecule has 1 aliphatic heterocycles. The van der Waals surface area contributed by atoms with Crippen LogP contribution in [-0.2, 0) is 10.5 Å². The fraction of sp³-hybridized carbons (Fsp3) is 0.240. The van der Waals surface area contributed by atoms with E-state index in [1.807, 2.05) is 37.3 Å². The highest BCUT2D eigenvalue weighted by molar-refractivity contribution is 7.98. The fourth-order valence-electron chi connectivity index (χ4n) is 3.76. The van der Waals surface area contributed by atoms with E-state index >= 15 is 0 Å². The second kappa shape index (κ2) is 9.84. The van der Waals surface area contributed by atoms with Crippen molar-refractivity contribution in [2.45, 2.75) is 30.2 Å². The lowest BCUT2D eigenvalue weighted by atomic mass is 9.86. The molecule has 8 heteroatoms. The third-order valence-corrected chi connectivity index (χ3v) is 6.38. The number of nitrogens with one attached hydrogen (secondary N) is 2. The van der Waals surface area contributed by atoms with Crippen LogP contribution in [0.1, 0.15) is 34.6 Å². The number of carbonyl (C=O) groups is 1. The highest BCUT2D eigenvalue weighted by atomic mass is 32.2. The van der Waals surface area contributed by atoms with E-state index in [1.54, 1.807) is 12.1 Å². The average molecular weight is 462 g/mol. The van der Waals surface area contributed by atoms with Gasteiger partial charge in [-0.05, 0) is 35.7 Å². The molecule has 0 saturated carbocycles. The first-order valence-electron chi connectivity index (χ1n) is 10.4. The zero-order valence-electron chi connectivity index (χ0n) is 18.3. The number of benzene rings is 2. The molecule has 168 valence electrons. The first-order valence-corrected chi connectivity index (χ1v) is 11.3. The first kappa shape index (κ1) is 22.5. The van der Waals surface area contributed by atoms with Crippen molar-refractivity contribution in [2.75, 3.05) is 19.0 Å². The van der Waals surface area contributed by atoms with Gasteiger partial charge < -0.3 is 19.8 Å². The minimum atomic E-state index is -0.462. The second-order valence-corrected chi connectivity index (χ2v) is 8.52. The molecule has 7 nitrogen and oxygen atoms in total. The second-order valence-electron chi connectivity index (χ2n) is 7.56. The third-order valence-electron chi connectivity index (χ3n) is 5.46. The van der Waals surface area contributed by atoms with Crippen molar-refractivity contribution in [2.24, 2.45) is 0 Å². The van der Waals surface area contributed by atoms with Crippen LogP contribution in [-0.4, -0.2) is 29.6 Å². The lowest BCUT2D eigenvalue weighted by Gasteiger charge is -2.25. The van der Waals surface area contributed by atoms with Crippen molar-refractivity contribution in [1.29, 1.82) is 0 Å². The van der Waals surface area contributed by atoms with Gasteiger partial charge in [0.15, 0.2) is 16.7 Å². The number of amides is 1. The van der Waals surface area contributed by atoms with Gasteiger partial charge in [-0.2, -0.15) is 0 Å². The van der Waals surface area contributed by atoms with Crippen LogP contribution in [0, 0.1) is 19.3 Å². The number of aryl methyl sites for hydroxylation is 1. The van der Waals surface area contributed by atoms with E-state index in [-0.39, 0.29) is 24.5 Å². The number of anilines is 1. The molecular weight excluding hydrogens is 438 g/mol. The Kier molecular flexibility index (Phi) is 6.71. The standard InChI is InChI=1S/C25H23N3O4S/c1-4-11-32-19-10-9-16(12-20(19)31-3)18-13-21(29)26-23-22(18)24(30)28-25(27-23)33-14-17-8-6-5-7-15(17)2/h1,5-10,12,18H,11,13-14H2,2-3H3,(H2,26,27,28,29,30)/t18-/m0/s1. The molecule has 0 fully saturated rings. The lowest BCUT2D eigenvalue weighted by Crippen LogP contribution is -2.31. The zero-order valence-corrected chi connectivity index (χ0v) is 19.1. The molecule has 0 aliphatic carbocycles. The molecule has 33 heavy (non-hydrogen) atoms. The fourth-order valence-corrected chi connectivity index (χ4v) is 4.70. The SMILES string of the molecule is C#CCOc1ccc([C@@H]2CC(=O)Nc3nc(SCc4ccccc4C)[nH]c(=O)c32)cc1OC. The van der Waals surface area contributed by atoms with Crippen molar-refractivity contribution < 1.29 is 14.3 Å². The van der Waals surface area contributed by atoms with Gasteiger partial charge in [-0.3, -0.25) is 9.59 Å². The summed E-state index contributed by atoms with van der Waals surface area (Å²) in [6, 6.07) is 13.4. The van der Waals surface area contributed by atoms with E-state index in [2.05, 4.69) is 21.2 Å². The Morgan fingerprint density at radius 3 is 2.79 bits per heavy atom. The number of ether oxygens (including phenoxy) is 2. The summed E-state index contributed by atoms with van der Waals surface area (Å²) in [5.74, 6) is 3.67. The van der Waals surface area contributed by atoms with Crippen LogP contribution < -0.4 is 20.3 Å². The van der Waals surface area contributed by atoms with E-state index in [0.29, 0.717) is 33.8 Å². The molecule has 2 heterocycles. The molecule has 1 aliphatic rings. The number of fused-ring (bicyclic) bond motifs is 1. The Hall–Kier alpha value is -3.70. The summed E-state index contributed by atoms with van der Waals surface area (Å²) < 4.78 is 10.9. The zero-order chi connectivity index (χ0) is 23.4. The maximum atomic E-state index is 13.1. The summed E-state index contributed by atoms with van der Waals surface area (Å²) in [6.07, 6.45) is 5.39. The summed E-state index contributed by atoms with van der Waals surface area (Å²) in [7, 11) is 1.52. The summed E-state index contributed by atoms with van der Waals surface area (Å²) in [6.45, 7) is 2.15. The van der Waals surface area contributed by atoms with Crippen LogP contribution >= 0.6 is 11.8 Å². The van der Waals surface area contributed by atoms with Gasteiger partial charge in [-0.25, -0.2) is 4.98 Å². The smallest absolute Gasteiger partial charge is 0.257 e. The van der Waals surface area contributed by atoms with Gasteiger partial charge in [-0.15, -0.1) is 6.42 Å². The van der Waals surface area contributed by atoms with Crippen LogP contribution in [0.4, 0.5) is 5.82 Å². The number of terminal acetylenes is 1. The Balaban J connectivity index is 1.65. The van der Waals surface area contributed by atoms with E-state index in [1.165, 1.54) is 24.4 Å². The Bertz CT molecular complexity index is 1300. The number of thioether (sulfide) groups is 1. The van der Waals surface area contributed by atoms with Gasteiger partial charge in [0.05, 0.1) is 12.7 Å². The molecule has 0 radical (unpaired) electrons. The lowest BCUT2D eigenvalue weighted by molar-refractivity contribution is -0.116. The van der Waals surface area contributed by atoms with Gasteiger partial charge in [-0.1, -0.05) is 48.0 Å². The number of hydrogen-bond acceptors (Lipinski definition) is 6. The number of nitrogens with zero attached hydrogens (tertiary/aromatic N) is 1. The molecule has 2 aromatic carbocycles. The predicted octanol–water partition coefficient (Wildman–Crippen LogP) is 3.87. The van der Waals surface area contributed by atoms with Crippen molar-refractivity contribution in [3.8, 4) is 23.8 Å². The number of H-pyrrole nitrogens is 1. The molecule has 0 spiro atoms. The molecular formula is C25H23N3O4S. The topological polar surface area (TPSA) is 93.3 Å². The van der Waals surface area contributed by atoms with E-state index in [9.17, 15) is 9.59 Å². The molecule has 0 bridgehead atoms. The monoisotopic (exact) mass is 461 g/mol. The normalized spacial score (nSPS) is 14.7. The van der Waals surface area contributed by atoms with Crippen LogP contribution in [0.5, 0.6) is 11.5 Å².